The van der Waals surface area contributed by atoms with Crippen LogP contribution in [0, 0.1) is 19.7 Å². The number of benzene rings is 1. The number of pyridine rings is 1. The van der Waals surface area contributed by atoms with Crippen molar-refractivity contribution in [2.75, 3.05) is 0 Å². The van der Waals surface area contributed by atoms with Gasteiger partial charge in [-0.1, -0.05) is 11.6 Å². The first-order valence-electron chi connectivity index (χ1n) is 4.31. The van der Waals surface area contributed by atoms with Crippen LogP contribution in [0.1, 0.15) is 11.1 Å². The fraction of sp³-hybridized carbons (Fsp3) is 0.182. The van der Waals surface area contributed by atoms with Crippen molar-refractivity contribution < 1.29 is 4.39 Å². The standard InChI is InChI=1S/C11H9ClFN/c1-6-5-14-11-7(2)9(13)4-3-8(11)10(6)12/h3-5H,1-2H3. The molecule has 2 rings (SSSR count). The molecule has 0 fully saturated rings. The molecule has 0 amide bonds. The van der Waals surface area contributed by atoms with Gasteiger partial charge in [-0.15, -0.1) is 0 Å². The van der Waals surface area contributed by atoms with Gasteiger partial charge in [-0.2, -0.15) is 0 Å². The lowest BCUT2D eigenvalue weighted by molar-refractivity contribution is 0.620. The molecule has 0 aliphatic carbocycles. The lowest BCUT2D eigenvalue weighted by Gasteiger charge is -2.05. The largest absolute Gasteiger partial charge is 0.255 e. The first kappa shape index (κ1) is 9.41. The highest BCUT2D eigenvalue weighted by Crippen LogP contribution is 2.27. The van der Waals surface area contributed by atoms with E-state index in [4.69, 9.17) is 11.6 Å². The van der Waals surface area contributed by atoms with Gasteiger partial charge in [-0.3, -0.25) is 4.98 Å². The Hall–Kier alpha value is -1.15. The maximum absolute atomic E-state index is 13.2. The molecule has 72 valence electrons. The van der Waals surface area contributed by atoms with Crippen LogP contribution in [0.2, 0.25) is 5.02 Å². The Morgan fingerprint density at radius 1 is 1.29 bits per heavy atom. The van der Waals surface area contributed by atoms with Gasteiger partial charge in [0.2, 0.25) is 0 Å². The van der Waals surface area contributed by atoms with E-state index in [0.29, 0.717) is 16.1 Å². The van der Waals surface area contributed by atoms with Gasteiger partial charge in [0.1, 0.15) is 5.82 Å². The molecule has 1 heterocycles. The number of aromatic nitrogens is 1. The van der Waals surface area contributed by atoms with E-state index >= 15 is 0 Å². The summed E-state index contributed by atoms with van der Waals surface area (Å²) in [5.41, 5.74) is 2.09. The van der Waals surface area contributed by atoms with E-state index in [9.17, 15) is 4.39 Å². The van der Waals surface area contributed by atoms with Crippen LogP contribution in [0.25, 0.3) is 10.9 Å². The van der Waals surface area contributed by atoms with Crippen molar-refractivity contribution in [3.05, 3.63) is 40.3 Å². The molecule has 0 saturated carbocycles. The SMILES string of the molecule is Cc1cnc2c(C)c(F)ccc2c1Cl. The van der Waals surface area contributed by atoms with Crippen LogP contribution in [-0.4, -0.2) is 4.98 Å². The zero-order chi connectivity index (χ0) is 10.3. The maximum Gasteiger partial charge on any atom is 0.128 e. The van der Waals surface area contributed by atoms with Gasteiger partial charge >= 0.3 is 0 Å². The average molecular weight is 210 g/mol. The quantitative estimate of drug-likeness (QED) is 0.646. The second-order valence-electron chi connectivity index (χ2n) is 3.32. The van der Waals surface area contributed by atoms with Crippen molar-refractivity contribution in [3.8, 4) is 0 Å². The van der Waals surface area contributed by atoms with Crippen molar-refractivity contribution >= 4 is 22.5 Å². The third-order valence-corrected chi connectivity index (χ3v) is 2.84. The van der Waals surface area contributed by atoms with E-state index in [1.54, 1.807) is 19.2 Å². The zero-order valence-electron chi connectivity index (χ0n) is 7.94. The second-order valence-corrected chi connectivity index (χ2v) is 3.70. The van der Waals surface area contributed by atoms with Crippen LogP contribution >= 0.6 is 11.6 Å². The van der Waals surface area contributed by atoms with Gasteiger partial charge in [0, 0.05) is 17.1 Å². The Labute approximate surface area is 86.5 Å². The van der Waals surface area contributed by atoms with Gasteiger partial charge in [0.25, 0.3) is 0 Å². The van der Waals surface area contributed by atoms with Crippen molar-refractivity contribution in [2.24, 2.45) is 0 Å². The summed E-state index contributed by atoms with van der Waals surface area (Å²) >= 11 is 6.09. The molecular formula is C11H9ClFN. The molecular weight excluding hydrogens is 201 g/mol. The number of halogens is 2. The van der Waals surface area contributed by atoms with E-state index in [-0.39, 0.29) is 5.82 Å². The van der Waals surface area contributed by atoms with Crippen molar-refractivity contribution in [1.29, 1.82) is 0 Å². The number of hydrogen-bond donors (Lipinski definition) is 0. The number of hydrogen-bond acceptors (Lipinski definition) is 1. The Morgan fingerprint density at radius 3 is 2.71 bits per heavy atom. The van der Waals surface area contributed by atoms with Gasteiger partial charge < -0.3 is 0 Å². The highest BCUT2D eigenvalue weighted by atomic mass is 35.5. The minimum atomic E-state index is -0.245. The Bertz CT molecular complexity index is 461. The smallest absolute Gasteiger partial charge is 0.128 e. The topological polar surface area (TPSA) is 12.9 Å². The summed E-state index contributed by atoms with van der Waals surface area (Å²) in [6, 6.07) is 3.09. The molecule has 1 aromatic heterocycles. The van der Waals surface area contributed by atoms with Gasteiger partial charge in [-0.25, -0.2) is 4.39 Å². The predicted octanol–water partition coefficient (Wildman–Crippen LogP) is 3.64. The first-order valence-corrected chi connectivity index (χ1v) is 4.69. The lowest BCUT2D eigenvalue weighted by Crippen LogP contribution is -1.90. The molecule has 0 aliphatic heterocycles. The van der Waals surface area contributed by atoms with Crippen LogP contribution < -0.4 is 0 Å². The van der Waals surface area contributed by atoms with Gasteiger partial charge in [-0.05, 0) is 31.5 Å². The third-order valence-electron chi connectivity index (χ3n) is 2.33. The maximum atomic E-state index is 13.2. The molecule has 0 aliphatic rings. The molecule has 0 radical (unpaired) electrons. The van der Waals surface area contributed by atoms with Crippen molar-refractivity contribution in [1.82, 2.24) is 4.98 Å². The Morgan fingerprint density at radius 2 is 2.00 bits per heavy atom. The van der Waals surface area contributed by atoms with E-state index in [0.717, 1.165) is 10.9 Å². The Balaban J connectivity index is 2.94. The fourth-order valence-electron chi connectivity index (χ4n) is 1.45. The van der Waals surface area contributed by atoms with E-state index < -0.39 is 0 Å². The van der Waals surface area contributed by atoms with Crippen LogP contribution in [0.3, 0.4) is 0 Å². The molecule has 14 heavy (non-hydrogen) atoms. The Kier molecular flexibility index (Phi) is 2.16. The van der Waals surface area contributed by atoms with Gasteiger partial charge in [0.05, 0.1) is 10.5 Å². The van der Waals surface area contributed by atoms with E-state index in [1.807, 2.05) is 6.92 Å². The number of aryl methyl sites for hydroxylation is 2. The minimum Gasteiger partial charge on any atom is -0.255 e. The highest BCUT2D eigenvalue weighted by molar-refractivity contribution is 6.36. The van der Waals surface area contributed by atoms with Gasteiger partial charge in [0.15, 0.2) is 0 Å². The van der Waals surface area contributed by atoms with E-state index in [2.05, 4.69) is 4.98 Å². The summed E-state index contributed by atoms with van der Waals surface area (Å²) in [6.07, 6.45) is 1.66. The monoisotopic (exact) mass is 209 g/mol. The molecule has 3 heteroatoms. The minimum absolute atomic E-state index is 0.245. The first-order chi connectivity index (χ1) is 6.61. The molecule has 0 spiro atoms. The zero-order valence-corrected chi connectivity index (χ0v) is 8.69. The summed E-state index contributed by atoms with van der Waals surface area (Å²) in [7, 11) is 0. The van der Waals surface area contributed by atoms with Crippen LogP contribution in [0.5, 0.6) is 0 Å². The normalized spacial score (nSPS) is 10.9. The summed E-state index contributed by atoms with van der Waals surface area (Å²) in [4.78, 5) is 4.18. The predicted molar refractivity (Wildman–Crippen MR) is 56.2 cm³/mol. The summed E-state index contributed by atoms with van der Waals surface area (Å²) in [6.45, 7) is 3.59. The molecule has 0 saturated heterocycles. The van der Waals surface area contributed by atoms with Crippen LogP contribution in [-0.2, 0) is 0 Å². The second kappa shape index (κ2) is 3.21. The number of nitrogens with zero attached hydrogens (tertiary/aromatic N) is 1. The van der Waals surface area contributed by atoms with Crippen molar-refractivity contribution in [3.63, 3.8) is 0 Å². The van der Waals surface area contributed by atoms with E-state index in [1.165, 1.54) is 6.07 Å². The lowest BCUT2D eigenvalue weighted by atomic mass is 10.1. The van der Waals surface area contributed by atoms with Crippen LogP contribution in [0.15, 0.2) is 18.3 Å². The number of fused-ring (bicyclic) bond motifs is 1. The molecule has 0 bridgehead atoms. The fourth-order valence-corrected chi connectivity index (χ4v) is 1.65. The summed E-state index contributed by atoms with van der Waals surface area (Å²) in [5, 5.41) is 1.46. The summed E-state index contributed by atoms with van der Waals surface area (Å²) < 4.78 is 13.2. The average Bonchev–Trinajstić information content (AvgIpc) is 2.17. The number of rotatable bonds is 0. The molecule has 0 unspecified atom stereocenters. The molecule has 1 nitrogen and oxygen atoms in total. The summed E-state index contributed by atoms with van der Waals surface area (Å²) in [5.74, 6) is -0.245. The third kappa shape index (κ3) is 1.26. The van der Waals surface area contributed by atoms with Crippen molar-refractivity contribution in [2.45, 2.75) is 13.8 Å². The molecule has 1 aromatic carbocycles. The molecule has 0 atom stereocenters. The molecule has 2 aromatic rings. The van der Waals surface area contributed by atoms with Crippen LogP contribution in [0.4, 0.5) is 4.39 Å². The molecule has 0 N–H and O–H groups in total. The highest BCUT2D eigenvalue weighted by Gasteiger charge is 2.08.